The lowest BCUT2D eigenvalue weighted by molar-refractivity contribution is 0.329. The standard InChI is InChI=1S/C42H26O10/c43-34-31(35(44)39(48)36(45)32(34)33-37(46)40(49)42(51)41(50)38(33)47)30-24-11-5-3-9-22(24)29(23-10-4-6-12-25(23)30)20-13-14-21-26-15-18-7-1-2-8-19(18)16-28(26)52-27(21)17-20/h1-17,43-51H. The molecule has 0 amide bonds. The number of hydrogen-bond donors (Lipinski definition) is 9. The summed E-state index contributed by atoms with van der Waals surface area (Å²) in [6.45, 7) is 0. The lowest BCUT2D eigenvalue weighted by atomic mass is 9.84. The van der Waals surface area contributed by atoms with Crippen LogP contribution in [0.15, 0.2) is 108 Å². The Morgan fingerprint density at radius 3 is 1.25 bits per heavy atom. The predicted octanol–water partition coefficient (Wildman–Crippen LogP) is 9.40. The summed E-state index contributed by atoms with van der Waals surface area (Å²) in [6, 6.07) is 32.5. The molecule has 254 valence electrons. The van der Waals surface area contributed by atoms with Crippen LogP contribution in [-0.4, -0.2) is 46.0 Å². The van der Waals surface area contributed by atoms with Gasteiger partial charge in [-0.2, -0.15) is 0 Å². The average Bonchev–Trinajstić information content (AvgIpc) is 3.52. The molecule has 8 aromatic carbocycles. The van der Waals surface area contributed by atoms with Crippen molar-refractivity contribution in [2.24, 2.45) is 0 Å². The number of benzene rings is 8. The highest BCUT2D eigenvalue weighted by Gasteiger charge is 2.34. The first-order chi connectivity index (χ1) is 25.1. The van der Waals surface area contributed by atoms with Crippen LogP contribution in [0.1, 0.15) is 0 Å². The topological polar surface area (TPSA) is 195 Å². The molecule has 0 bridgehead atoms. The van der Waals surface area contributed by atoms with E-state index >= 15 is 0 Å². The second kappa shape index (κ2) is 10.8. The van der Waals surface area contributed by atoms with Crippen molar-refractivity contribution in [3.05, 3.63) is 103 Å². The van der Waals surface area contributed by atoms with Gasteiger partial charge in [0.05, 0.1) is 16.7 Å². The second-order valence-electron chi connectivity index (χ2n) is 12.6. The molecule has 0 aliphatic rings. The summed E-state index contributed by atoms with van der Waals surface area (Å²) < 4.78 is 6.38. The van der Waals surface area contributed by atoms with Crippen molar-refractivity contribution in [3.63, 3.8) is 0 Å². The van der Waals surface area contributed by atoms with Gasteiger partial charge >= 0.3 is 0 Å². The quantitative estimate of drug-likeness (QED) is 0.0489. The van der Waals surface area contributed by atoms with Crippen LogP contribution in [0.25, 0.3) is 87.6 Å². The zero-order chi connectivity index (χ0) is 36.2. The third-order valence-corrected chi connectivity index (χ3v) is 9.83. The number of fused-ring (bicyclic) bond motifs is 6. The molecular formula is C42H26O10. The van der Waals surface area contributed by atoms with Gasteiger partial charge < -0.3 is 50.4 Å². The number of hydrogen-bond acceptors (Lipinski definition) is 10. The predicted molar refractivity (Wildman–Crippen MR) is 198 cm³/mol. The molecule has 0 atom stereocenters. The third kappa shape index (κ3) is 4.06. The van der Waals surface area contributed by atoms with E-state index in [0.29, 0.717) is 27.1 Å². The van der Waals surface area contributed by atoms with Crippen molar-refractivity contribution < 1.29 is 50.4 Å². The van der Waals surface area contributed by atoms with Gasteiger partial charge in [-0.25, -0.2) is 0 Å². The smallest absolute Gasteiger partial charge is 0.208 e. The van der Waals surface area contributed by atoms with Gasteiger partial charge in [-0.15, -0.1) is 0 Å². The Labute approximate surface area is 292 Å². The van der Waals surface area contributed by atoms with E-state index in [1.165, 1.54) is 0 Å². The van der Waals surface area contributed by atoms with Crippen molar-refractivity contribution in [1.29, 1.82) is 0 Å². The van der Waals surface area contributed by atoms with Crippen LogP contribution in [-0.2, 0) is 0 Å². The van der Waals surface area contributed by atoms with Crippen LogP contribution >= 0.6 is 0 Å². The Hall–Kier alpha value is -7.46. The van der Waals surface area contributed by atoms with Gasteiger partial charge in [0.2, 0.25) is 23.0 Å². The highest BCUT2D eigenvalue weighted by molar-refractivity contribution is 6.23. The molecule has 0 saturated heterocycles. The van der Waals surface area contributed by atoms with Crippen LogP contribution in [0, 0.1) is 0 Å². The molecule has 9 N–H and O–H groups in total. The van der Waals surface area contributed by atoms with Gasteiger partial charge in [-0.05, 0) is 67.7 Å². The highest BCUT2D eigenvalue weighted by atomic mass is 16.4. The van der Waals surface area contributed by atoms with Gasteiger partial charge in [-0.1, -0.05) is 78.9 Å². The summed E-state index contributed by atoms with van der Waals surface area (Å²) in [7, 11) is 0. The van der Waals surface area contributed by atoms with Crippen molar-refractivity contribution >= 4 is 54.3 Å². The maximum Gasteiger partial charge on any atom is 0.208 e. The van der Waals surface area contributed by atoms with Crippen molar-refractivity contribution in [3.8, 4) is 85.1 Å². The lowest BCUT2D eigenvalue weighted by Gasteiger charge is -2.22. The minimum Gasteiger partial charge on any atom is -0.506 e. The number of rotatable bonds is 3. The molecular weight excluding hydrogens is 664 g/mol. The fraction of sp³-hybridized carbons (Fsp3) is 0. The van der Waals surface area contributed by atoms with E-state index in [1.807, 2.05) is 66.7 Å². The van der Waals surface area contributed by atoms with Crippen molar-refractivity contribution in [2.45, 2.75) is 0 Å². The first-order valence-electron chi connectivity index (χ1n) is 16.0. The zero-order valence-corrected chi connectivity index (χ0v) is 26.7. The molecule has 10 nitrogen and oxygen atoms in total. The van der Waals surface area contributed by atoms with E-state index in [0.717, 1.165) is 38.3 Å². The molecule has 0 aliphatic carbocycles. The van der Waals surface area contributed by atoms with E-state index in [2.05, 4.69) is 12.1 Å². The Kier molecular flexibility index (Phi) is 6.33. The second-order valence-corrected chi connectivity index (χ2v) is 12.6. The Bertz CT molecular complexity index is 2930. The van der Waals surface area contributed by atoms with E-state index in [-0.39, 0.29) is 5.56 Å². The summed E-state index contributed by atoms with van der Waals surface area (Å²) >= 11 is 0. The highest BCUT2D eigenvalue weighted by Crippen LogP contribution is 2.63. The molecule has 1 heterocycles. The number of furan rings is 1. The van der Waals surface area contributed by atoms with Crippen molar-refractivity contribution in [1.82, 2.24) is 0 Å². The third-order valence-electron chi connectivity index (χ3n) is 9.83. The number of phenolic OH excluding ortho intramolecular Hbond substituents is 9. The summed E-state index contributed by atoms with van der Waals surface area (Å²) in [5, 5.41) is 104. The fourth-order valence-electron chi connectivity index (χ4n) is 7.42. The molecule has 9 rings (SSSR count). The van der Waals surface area contributed by atoms with Gasteiger partial charge in [0, 0.05) is 16.3 Å². The Morgan fingerprint density at radius 2 is 0.692 bits per heavy atom. The van der Waals surface area contributed by atoms with Crippen LogP contribution in [0.4, 0.5) is 0 Å². The van der Waals surface area contributed by atoms with Crippen LogP contribution in [0.2, 0.25) is 0 Å². The van der Waals surface area contributed by atoms with E-state index in [4.69, 9.17) is 4.42 Å². The lowest BCUT2D eigenvalue weighted by Crippen LogP contribution is -1.94. The van der Waals surface area contributed by atoms with E-state index in [1.54, 1.807) is 24.3 Å². The summed E-state index contributed by atoms with van der Waals surface area (Å²) in [5.74, 6) is -10.4. The molecule has 0 aliphatic heterocycles. The summed E-state index contributed by atoms with van der Waals surface area (Å²) in [4.78, 5) is 0. The van der Waals surface area contributed by atoms with Gasteiger partial charge in [-0.3, -0.25) is 0 Å². The molecule has 10 heteroatoms. The average molecular weight is 691 g/mol. The van der Waals surface area contributed by atoms with E-state index in [9.17, 15) is 46.0 Å². The molecule has 52 heavy (non-hydrogen) atoms. The minimum absolute atomic E-state index is 0.212. The normalized spacial score (nSPS) is 11.8. The molecule has 0 radical (unpaired) electrons. The van der Waals surface area contributed by atoms with Gasteiger partial charge in [0.15, 0.2) is 23.0 Å². The zero-order valence-electron chi connectivity index (χ0n) is 26.7. The fourth-order valence-corrected chi connectivity index (χ4v) is 7.42. The van der Waals surface area contributed by atoms with Gasteiger partial charge in [0.25, 0.3) is 0 Å². The SMILES string of the molecule is Oc1c(O)c(O)c(-c2c(O)c(O)c(O)c(-c3c4ccccc4c(-c4ccc5c(c4)oc4cc6ccccc6cc45)c4ccccc34)c2O)c(O)c1O. The maximum absolute atomic E-state index is 11.9. The van der Waals surface area contributed by atoms with E-state index < -0.39 is 68.4 Å². The first-order valence-corrected chi connectivity index (χ1v) is 16.0. The largest absolute Gasteiger partial charge is 0.506 e. The van der Waals surface area contributed by atoms with Crippen LogP contribution in [0.5, 0.6) is 51.7 Å². The monoisotopic (exact) mass is 690 g/mol. The Morgan fingerprint density at radius 1 is 0.288 bits per heavy atom. The van der Waals surface area contributed by atoms with Gasteiger partial charge in [0.1, 0.15) is 16.9 Å². The summed E-state index contributed by atoms with van der Waals surface area (Å²) in [6.07, 6.45) is 0. The van der Waals surface area contributed by atoms with Crippen LogP contribution < -0.4 is 0 Å². The minimum atomic E-state index is -1.27. The molecule has 0 unspecified atom stereocenters. The molecule has 0 fully saturated rings. The Balaban J connectivity index is 1.36. The molecule has 0 spiro atoms. The maximum atomic E-state index is 11.9. The number of aromatic hydroxyl groups is 9. The van der Waals surface area contributed by atoms with Crippen LogP contribution in [0.3, 0.4) is 0 Å². The first kappa shape index (κ1) is 30.6. The summed E-state index contributed by atoms with van der Waals surface area (Å²) in [5.41, 5.74) is 1.08. The molecule has 9 aromatic rings. The van der Waals surface area contributed by atoms with Crippen molar-refractivity contribution in [2.75, 3.05) is 0 Å². The number of phenols is 9. The molecule has 1 aromatic heterocycles. The molecule has 0 saturated carbocycles.